The number of carbonyl (C=O) groups is 1. The predicted octanol–water partition coefficient (Wildman–Crippen LogP) is 2.10. The van der Waals surface area contributed by atoms with Gasteiger partial charge in [0, 0.05) is 19.1 Å². The molecule has 1 amide bonds. The maximum atomic E-state index is 12.4. The van der Waals surface area contributed by atoms with E-state index in [0.29, 0.717) is 17.2 Å². The normalized spacial score (nSPS) is 22.0. The molecule has 1 aromatic rings. The smallest absolute Gasteiger partial charge is 0.257 e. The molecule has 0 spiro atoms. The average molecular weight is 250 g/mol. The largest absolute Gasteiger partial charge is 0.466 e. The fraction of sp³-hybridized carbons (Fsp3) is 0.643. The van der Waals surface area contributed by atoms with Gasteiger partial charge in [0.1, 0.15) is 11.5 Å². The summed E-state index contributed by atoms with van der Waals surface area (Å²) in [6, 6.07) is 1.97. The number of nitrogens with two attached hydrogens (primary N) is 1. The highest BCUT2D eigenvalue weighted by Gasteiger charge is 2.28. The molecule has 0 bridgehead atoms. The Hall–Kier alpha value is -1.29. The van der Waals surface area contributed by atoms with Crippen molar-refractivity contribution in [3.05, 3.63) is 23.2 Å². The molecule has 4 heteroatoms. The number of piperidine rings is 1. The lowest BCUT2D eigenvalue weighted by molar-refractivity contribution is 0.0659. The standard InChI is InChI=1S/C14H22N2O2/c1-9-7-13(11(3)18-9)14(17)16-6-4-5-12(8-16)10(2)15/h7,10,12H,4-6,8,15H2,1-3H3. The molecular formula is C14H22N2O2. The number of amides is 1. The van der Waals surface area contributed by atoms with E-state index in [0.717, 1.165) is 31.7 Å². The topological polar surface area (TPSA) is 59.5 Å². The minimum absolute atomic E-state index is 0.0784. The van der Waals surface area contributed by atoms with E-state index >= 15 is 0 Å². The van der Waals surface area contributed by atoms with E-state index in [2.05, 4.69) is 0 Å². The van der Waals surface area contributed by atoms with Gasteiger partial charge >= 0.3 is 0 Å². The summed E-state index contributed by atoms with van der Waals surface area (Å²) in [6.45, 7) is 7.32. The molecule has 2 unspecified atom stereocenters. The zero-order valence-corrected chi connectivity index (χ0v) is 11.4. The number of hydrogen-bond acceptors (Lipinski definition) is 3. The lowest BCUT2D eigenvalue weighted by Crippen LogP contribution is -2.45. The number of furan rings is 1. The second-order valence-corrected chi connectivity index (χ2v) is 5.34. The van der Waals surface area contributed by atoms with Crippen LogP contribution in [0.15, 0.2) is 10.5 Å². The first kappa shape index (κ1) is 13.1. The van der Waals surface area contributed by atoms with Gasteiger partial charge in [0.2, 0.25) is 0 Å². The van der Waals surface area contributed by atoms with Crippen LogP contribution < -0.4 is 5.73 Å². The molecule has 1 saturated heterocycles. The molecule has 18 heavy (non-hydrogen) atoms. The molecule has 100 valence electrons. The van der Waals surface area contributed by atoms with Crippen molar-refractivity contribution in [2.24, 2.45) is 11.7 Å². The number of aryl methyl sites for hydroxylation is 2. The van der Waals surface area contributed by atoms with Crippen molar-refractivity contribution in [1.82, 2.24) is 4.90 Å². The molecule has 0 aromatic carbocycles. The Morgan fingerprint density at radius 1 is 1.56 bits per heavy atom. The fourth-order valence-corrected chi connectivity index (χ4v) is 2.64. The van der Waals surface area contributed by atoms with E-state index in [1.54, 1.807) is 0 Å². The van der Waals surface area contributed by atoms with E-state index < -0.39 is 0 Å². The Bertz CT molecular complexity index is 437. The van der Waals surface area contributed by atoms with Crippen LogP contribution in [-0.2, 0) is 0 Å². The molecule has 2 heterocycles. The third-order valence-corrected chi connectivity index (χ3v) is 3.76. The Morgan fingerprint density at radius 2 is 2.28 bits per heavy atom. The fourth-order valence-electron chi connectivity index (χ4n) is 2.64. The molecule has 1 aliphatic heterocycles. The first-order chi connectivity index (χ1) is 8.49. The van der Waals surface area contributed by atoms with E-state index in [4.69, 9.17) is 10.2 Å². The van der Waals surface area contributed by atoms with Crippen LogP contribution in [0.3, 0.4) is 0 Å². The molecular weight excluding hydrogens is 228 g/mol. The lowest BCUT2D eigenvalue weighted by Gasteiger charge is -2.34. The molecule has 4 nitrogen and oxygen atoms in total. The van der Waals surface area contributed by atoms with Crippen LogP contribution in [0.1, 0.15) is 41.6 Å². The Kier molecular flexibility index (Phi) is 3.76. The van der Waals surface area contributed by atoms with Crippen LogP contribution in [0.4, 0.5) is 0 Å². The summed E-state index contributed by atoms with van der Waals surface area (Å²) in [7, 11) is 0. The van der Waals surface area contributed by atoms with Crippen molar-refractivity contribution >= 4 is 5.91 Å². The molecule has 2 N–H and O–H groups in total. The van der Waals surface area contributed by atoms with Gasteiger partial charge in [-0.2, -0.15) is 0 Å². The van der Waals surface area contributed by atoms with Crippen molar-refractivity contribution in [2.45, 2.75) is 39.7 Å². The average Bonchev–Trinajstić information content (AvgIpc) is 2.67. The molecule has 0 saturated carbocycles. The van der Waals surface area contributed by atoms with E-state index in [9.17, 15) is 4.79 Å². The highest BCUT2D eigenvalue weighted by molar-refractivity contribution is 5.95. The second kappa shape index (κ2) is 5.14. The van der Waals surface area contributed by atoms with Crippen LogP contribution in [0.2, 0.25) is 0 Å². The van der Waals surface area contributed by atoms with Crippen LogP contribution in [0, 0.1) is 19.8 Å². The molecule has 1 fully saturated rings. The van der Waals surface area contributed by atoms with Crippen LogP contribution in [0.5, 0.6) is 0 Å². The number of rotatable bonds is 2. The highest BCUT2D eigenvalue weighted by atomic mass is 16.3. The summed E-state index contributed by atoms with van der Waals surface area (Å²) in [4.78, 5) is 14.3. The number of nitrogens with zero attached hydrogens (tertiary/aromatic N) is 1. The Morgan fingerprint density at radius 3 is 2.83 bits per heavy atom. The van der Waals surface area contributed by atoms with Gasteiger partial charge < -0.3 is 15.1 Å². The summed E-state index contributed by atoms with van der Waals surface area (Å²) >= 11 is 0. The summed E-state index contributed by atoms with van der Waals surface area (Å²) in [5, 5.41) is 0. The summed E-state index contributed by atoms with van der Waals surface area (Å²) in [6.07, 6.45) is 2.15. The van der Waals surface area contributed by atoms with E-state index in [-0.39, 0.29) is 11.9 Å². The van der Waals surface area contributed by atoms with Gasteiger partial charge in [0.15, 0.2) is 0 Å². The van der Waals surface area contributed by atoms with Gasteiger partial charge in [0.05, 0.1) is 5.56 Å². The number of carbonyl (C=O) groups excluding carboxylic acids is 1. The van der Waals surface area contributed by atoms with Gasteiger partial charge in [0.25, 0.3) is 5.91 Å². The van der Waals surface area contributed by atoms with Crippen molar-refractivity contribution in [2.75, 3.05) is 13.1 Å². The molecule has 2 atom stereocenters. The van der Waals surface area contributed by atoms with E-state index in [1.807, 2.05) is 31.7 Å². The van der Waals surface area contributed by atoms with Crippen molar-refractivity contribution in [3.63, 3.8) is 0 Å². The van der Waals surface area contributed by atoms with Gasteiger partial charge in [-0.25, -0.2) is 0 Å². The zero-order chi connectivity index (χ0) is 13.3. The van der Waals surface area contributed by atoms with Gasteiger partial charge in [-0.15, -0.1) is 0 Å². The minimum atomic E-state index is 0.0784. The maximum Gasteiger partial charge on any atom is 0.257 e. The summed E-state index contributed by atoms with van der Waals surface area (Å²) in [5.41, 5.74) is 6.64. The number of hydrogen-bond donors (Lipinski definition) is 1. The SMILES string of the molecule is Cc1cc(C(=O)N2CCCC(C(C)N)C2)c(C)o1. The van der Waals surface area contributed by atoms with Gasteiger partial charge in [-0.3, -0.25) is 4.79 Å². The van der Waals surface area contributed by atoms with Crippen LogP contribution in [0.25, 0.3) is 0 Å². The van der Waals surface area contributed by atoms with Crippen molar-refractivity contribution in [1.29, 1.82) is 0 Å². The molecule has 0 aliphatic carbocycles. The molecule has 2 rings (SSSR count). The van der Waals surface area contributed by atoms with Crippen molar-refractivity contribution in [3.8, 4) is 0 Å². The first-order valence-corrected chi connectivity index (χ1v) is 6.61. The lowest BCUT2D eigenvalue weighted by atomic mass is 9.92. The molecule has 1 aromatic heterocycles. The third kappa shape index (κ3) is 2.58. The zero-order valence-electron chi connectivity index (χ0n) is 11.4. The minimum Gasteiger partial charge on any atom is -0.466 e. The maximum absolute atomic E-state index is 12.4. The molecule has 1 aliphatic rings. The van der Waals surface area contributed by atoms with Crippen molar-refractivity contribution < 1.29 is 9.21 Å². The monoisotopic (exact) mass is 250 g/mol. The summed E-state index contributed by atoms with van der Waals surface area (Å²) in [5.74, 6) is 1.99. The second-order valence-electron chi connectivity index (χ2n) is 5.34. The Balaban J connectivity index is 2.11. The van der Waals surface area contributed by atoms with E-state index in [1.165, 1.54) is 0 Å². The predicted molar refractivity (Wildman–Crippen MR) is 70.5 cm³/mol. The van der Waals surface area contributed by atoms with Gasteiger partial charge in [-0.05, 0) is 45.6 Å². The Labute approximate surface area is 108 Å². The first-order valence-electron chi connectivity index (χ1n) is 6.61. The molecule has 0 radical (unpaired) electrons. The highest BCUT2D eigenvalue weighted by Crippen LogP contribution is 2.22. The quantitative estimate of drug-likeness (QED) is 0.874. The number of likely N-dealkylation sites (tertiary alicyclic amines) is 1. The summed E-state index contributed by atoms with van der Waals surface area (Å²) < 4.78 is 5.43. The van der Waals surface area contributed by atoms with Gasteiger partial charge in [-0.1, -0.05) is 0 Å². The third-order valence-electron chi connectivity index (χ3n) is 3.76. The van der Waals surface area contributed by atoms with Crippen LogP contribution in [-0.4, -0.2) is 29.9 Å². The van der Waals surface area contributed by atoms with Crippen LogP contribution >= 0.6 is 0 Å².